The molecule has 3 aromatic heterocycles. The number of pyridine rings is 1. The Bertz CT molecular complexity index is 1240. The van der Waals surface area contributed by atoms with Crippen LogP contribution in [0.2, 0.25) is 0 Å². The molecule has 0 aliphatic carbocycles. The second-order valence-corrected chi connectivity index (χ2v) is 7.01. The molecule has 5 aromatic rings. The van der Waals surface area contributed by atoms with E-state index in [9.17, 15) is 4.79 Å². The predicted molar refractivity (Wildman–Crippen MR) is 106 cm³/mol. The first kappa shape index (κ1) is 15.2. The van der Waals surface area contributed by atoms with Gasteiger partial charge in [-0.25, -0.2) is 4.79 Å². The zero-order valence-electron chi connectivity index (χ0n) is 14.8. The van der Waals surface area contributed by atoms with E-state index in [2.05, 4.69) is 15.0 Å². The average Bonchev–Trinajstić information content (AvgIpc) is 3.42. The van der Waals surface area contributed by atoms with Gasteiger partial charge in [0.15, 0.2) is 0 Å². The van der Waals surface area contributed by atoms with Gasteiger partial charge in [-0.3, -0.25) is 4.98 Å². The number of rotatable bonds is 2. The number of H-pyrrole nitrogens is 2. The van der Waals surface area contributed by atoms with Crippen LogP contribution in [0.3, 0.4) is 0 Å². The summed E-state index contributed by atoms with van der Waals surface area (Å²) in [6, 6.07) is 23.6. The number of esters is 1. The van der Waals surface area contributed by atoms with E-state index in [1.165, 1.54) is 0 Å². The number of carbonyl (C=O) groups excluding carboxylic acids is 1. The molecule has 4 heterocycles. The maximum atomic E-state index is 12.8. The molecule has 0 atom stereocenters. The number of aromatic amines is 2. The number of para-hydroxylation sites is 2. The second kappa shape index (κ2) is 5.33. The van der Waals surface area contributed by atoms with Crippen molar-refractivity contribution in [3.05, 3.63) is 102 Å². The minimum absolute atomic E-state index is 0.375. The Balaban J connectivity index is 1.71. The van der Waals surface area contributed by atoms with E-state index in [-0.39, 0.29) is 5.97 Å². The Labute approximate surface area is 160 Å². The maximum Gasteiger partial charge on any atom is 0.341 e. The van der Waals surface area contributed by atoms with Crippen LogP contribution in [0, 0.1) is 0 Å². The molecule has 28 heavy (non-hydrogen) atoms. The fourth-order valence-electron chi connectivity index (χ4n) is 4.13. The number of nitrogens with zero attached hydrogens (tertiary/aromatic N) is 1. The third-order valence-electron chi connectivity index (χ3n) is 5.43. The predicted octanol–water partition coefficient (Wildman–Crippen LogP) is 4.51. The number of hydrogen-bond donors (Lipinski definition) is 2. The van der Waals surface area contributed by atoms with E-state index >= 15 is 0 Å². The van der Waals surface area contributed by atoms with Gasteiger partial charge in [0.2, 0.25) is 5.60 Å². The van der Waals surface area contributed by atoms with Gasteiger partial charge in [-0.15, -0.1) is 0 Å². The monoisotopic (exact) mass is 365 g/mol. The van der Waals surface area contributed by atoms with Crippen molar-refractivity contribution in [2.75, 3.05) is 0 Å². The highest BCUT2D eigenvalue weighted by atomic mass is 16.6. The highest BCUT2D eigenvalue weighted by Crippen LogP contribution is 2.46. The molecule has 1 aliphatic rings. The van der Waals surface area contributed by atoms with Crippen molar-refractivity contribution in [1.29, 1.82) is 0 Å². The summed E-state index contributed by atoms with van der Waals surface area (Å²) >= 11 is 0. The minimum Gasteiger partial charge on any atom is -0.436 e. The van der Waals surface area contributed by atoms with E-state index in [0.717, 1.165) is 33.2 Å². The van der Waals surface area contributed by atoms with Gasteiger partial charge in [0, 0.05) is 17.2 Å². The molecule has 0 amide bonds. The Morgan fingerprint density at radius 3 is 2.00 bits per heavy atom. The van der Waals surface area contributed by atoms with Gasteiger partial charge in [-0.2, -0.15) is 0 Å². The molecule has 0 saturated heterocycles. The second-order valence-electron chi connectivity index (χ2n) is 7.01. The fourth-order valence-corrected chi connectivity index (χ4v) is 4.13. The quantitative estimate of drug-likeness (QED) is 0.452. The Morgan fingerprint density at radius 2 is 1.39 bits per heavy atom. The van der Waals surface area contributed by atoms with Gasteiger partial charge >= 0.3 is 5.97 Å². The number of benzene rings is 2. The molecular weight excluding hydrogens is 350 g/mol. The lowest BCUT2D eigenvalue weighted by Crippen LogP contribution is -2.31. The third-order valence-corrected chi connectivity index (χ3v) is 5.43. The number of nitrogens with one attached hydrogen (secondary N) is 2. The summed E-state index contributed by atoms with van der Waals surface area (Å²) in [5, 5.41) is 2.10. The van der Waals surface area contributed by atoms with Gasteiger partial charge in [0.25, 0.3) is 0 Å². The zero-order chi connectivity index (χ0) is 18.7. The molecule has 0 fully saturated rings. The summed E-state index contributed by atoms with van der Waals surface area (Å²) < 4.78 is 6.09. The standard InChI is InChI=1S/C23H15N3O2/c27-22-16-8-5-11-24-21(16)23(28-22,19-12-14-6-1-3-9-17(14)25-19)20-13-15-7-2-4-10-18(15)26-20/h1-13,25-26H. The topological polar surface area (TPSA) is 70.8 Å². The first-order valence-corrected chi connectivity index (χ1v) is 9.11. The van der Waals surface area contributed by atoms with Crippen LogP contribution in [0.5, 0.6) is 0 Å². The molecular formula is C23H15N3O2. The molecule has 0 bridgehead atoms. The third kappa shape index (κ3) is 1.90. The van der Waals surface area contributed by atoms with Crippen LogP contribution < -0.4 is 0 Å². The van der Waals surface area contributed by atoms with Crippen LogP contribution in [0.25, 0.3) is 21.8 Å². The van der Waals surface area contributed by atoms with Gasteiger partial charge in [0.05, 0.1) is 17.0 Å². The number of cyclic esters (lactones) is 1. The summed E-state index contributed by atoms with van der Waals surface area (Å²) in [7, 11) is 0. The van der Waals surface area contributed by atoms with Crippen molar-refractivity contribution in [1.82, 2.24) is 15.0 Å². The Hall–Kier alpha value is -3.86. The lowest BCUT2D eigenvalue weighted by atomic mass is 9.90. The summed E-state index contributed by atoms with van der Waals surface area (Å²) in [6.45, 7) is 0. The van der Waals surface area contributed by atoms with E-state index in [4.69, 9.17) is 4.74 Å². The Kier molecular flexibility index (Phi) is 2.90. The van der Waals surface area contributed by atoms with Crippen LogP contribution in [0.15, 0.2) is 79.0 Å². The molecule has 0 spiro atoms. The highest BCUT2D eigenvalue weighted by molar-refractivity contribution is 5.96. The van der Waals surface area contributed by atoms with Crippen LogP contribution >= 0.6 is 0 Å². The molecule has 5 heteroatoms. The molecule has 134 valence electrons. The molecule has 6 rings (SSSR count). The van der Waals surface area contributed by atoms with Gasteiger partial charge in [-0.05, 0) is 47.2 Å². The van der Waals surface area contributed by atoms with Gasteiger partial charge < -0.3 is 14.7 Å². The summed E-state index contributed by atoms with van der Waals surface area (Å²) in [5.41, 5.74) is 3.43. The molecule has 0 radical (unpaired) electrons. The first-order chi connectivity index (χ1) is 13.8. The Morgan fingerprint density at radius 1 is 0.786 bits per heavy atom. The van der Waals surface area contributed by atoms with Gasteiger partial charge in [0.1, 0.15) is 5.69 Å². The normalized spacial score (nSPS) is 15.1. The van der Waals surface area contributed by atoms with E-state index < -0.39 is 5.60 Å². The molecule has 0 saturated carbocycles. The average molecular weight is 365 g/mol. The summed E-state index contributed by atoms with van der Waals surface area (Å²) in [6.07, 6.45) is 1.70. The zero-order valence-corrected chi connectivity index (χ0v) is 14.8. The van der Waals surface area contributed by atoms with Crippen molar-refractivity contribution in [3.8, 4) is 0 Å². The van der Waals surface area contributed by atoms with Crippen molar-refractivity contribution in [2.45, 2.75) is 5.60 Å². The molecule has 1 aliphatic heterocycles. The minimum atomic E-state index is -1.15. The molecule has 2 aromatic carbocycles. The number of fused-ring (bicyclic) bond motifs is 3. The maximum absolute atomic E-state index is 12.8. The lowest BCUT2D eigenvalue weighted by molar-refractivity contribution is 0.0221. The smallest absolute Gasteiger partial charge is 0.341 e. The molecule has 5 nitrogen and oxygen atoms in total. The largest absolute Gasteiger partial charge is 0.436 e. The number of carbonyl (C=O) groups is 1. The number of ether oxygens (including phenoxy) is 1. The van der Waals surface area contributed by atoms with Crippen molar-refractivity contribution in [2.24, 2.45) is 0 Å². The van der Waals surface area contributed by atoms with Crippen molar-refractivity contribution >= 4 is 27.8 Å². The van der Waals surface area contributed by atoms with Crippen LogP contribution in [-0.4, -0.2) is 20.9 Å². The van der Waals surface area contributed by atoms with Crippen molar-refractivity contribution in [3.63, 3.8) is 0 Å². The van der Waals surface area contributed by atoms with E-state index in [0.29, 0.717) is 11.3 Å². The van der Waals surface area contributed by atoms with E-state index in [1.807, 2.05) is 60.7 Å². The first-order valence-electron chi connectivity index (χ1n) is 9.11. The van der Waals surface area contributed by atoms with Crippen LogP contribution in [-0.2, 0) is 10.3 Å². The van der Waals surface area contributed by atoms with E-state index in [1.54, 1.807) is 18.3 Å². The summed E-state index contributed by atoms with van der Waals surface area (Å²) in [4.78, 5) is 24.2. The highest BCUT2D eigenvalue weighted by Gasteiger charge is 2.52. The van der Waals surface area contributed by atoms with Gasteiger partial charge in [-0.1, -0.05) is 36.4 Å². The van der Waals surface area contributed by atoms with Crippen LogP contribution in [0.1, 0.15) is 27.4 Å². The SMILES string of the molecule is O=C1OC(c2cc3ccccc3[nH]2)(c2cc3ccccc3[nH]2)c2ncccc21. The van der Waals surface area contributed by atoms with Crippen molar-refractivity contribution < 1.29 is 9.53 Å². The number of aromatic nitrogens is 3. The number of hydrogen-bond acceptors (Lipinski definition) is 3. The lowest BCUT2D eigenvalue weighted by Gasteiger charge is -2.26. The molecule has 0 unspecified atom stereocenters. The fraction of sp³-hybridized carbons (Fsp3) is 0.0435. The summed E-state index contributed by atoms with van der Waals surface area (Å²) in [5.74, 6) is -0.375. The van der Waals surface area contributed by atoms with Crippen LogP contribution in [0.4, 0.5) is 0 Å². The molecule has 2 N–H and O–H groups in total.